The number of aromatic nitrogens is 2. The Morgan fingerprint density at radius 2 is 1.43 bits per heavy atom. The van der Waals surface area contributed by atoms with Crippen LogP contribution in [0.4, 0.5) is 17.1 Å². The number of pyridine rings is 1. The van der Waals surface area contributed by atoms with E-state index in [2.05, 4.69) is 133 Å². The van der Waals surface area contributed by atoms with Crippen LogP contribution in [0.3, 0.4) is 0 Å². The van der Waals surface area contributed by atoms with Crippen LogP contribution in [0.25, 0.3) is 65.8 Å². The van der Waals surface area contributed by atoms with E-state index in [9.17, 15) is 0 Å². The van der Waals surface area contributed by atoms with Crippen molar-refractivity contribution < 1.29 is 4.42 Å². The van der Waals surface area contributed by atoms with Gasteiger partial charge in [0.25, 0.3) is 0 Å². The molecule has 6 aromatic carbocycles. The SMILES string of the molecule is Cc1cc(C)c(N2c3ccc4cccnc4c3B3c4c(cc5oc6ccccc6c5c42)-c2cccc4c5ccccc5n3c24)c(C)c1. The molecular weight excluding hydrogens is 573 g/mol. The van der Waals surface area contributed by atoms with Gasteiger partial charge in [-0.2, -0.15) is 0 Å². The van der Waals surface area contributed by atoms with Crippen molar-refractivity contribution in [2.75, 3.05) is 4.90 Å². The van der Waals surface area contributed by atoms with E-state index in [1.807, 2.05) is 12.3 Å². The summed E-state index contributed by atoms with van der Waals surface area (Å²) < 4.78 is 9.35. The molecule has 0 atom stereocenters. The first-order valence-electron chi connectivity index (χ1n) is 16.3. The lowest BCUT2D eigenvalue weighted by molar-refractivity contribution is 0.669. The molecule has 0 amide bonds. The van der Waals surface area contributed by atoms with Gasteiger partial charge in [0.1, 0.15) is 11.2 Å². The zero-order chi connectivity index (χ0) is 31.1. The van der Waals surface area contributed by atoms with Crippen molar-refractivity contribution in [1.29, 1.82) is 0 Å². The summed E-state index contributed by atoms with van der Waals surface area (Å²) >= 11 is 0. The van der Waals surface area contributed by atoms with Gasteiger partial charge in [0, 0.05) is 44.6 Å². The average Bonchev–Trinajstić information content (AvgIpc) is 3.63. The molecule has 9 aromatic rings. The first kappa shape index (κ1) is 25.4. The second-order valence-corrected chi connectivity index (χ2v) is 13.3. The summed E-state index contributed by atoms with van der Waals surface area (Å²) in [5.74, 6) is 0. The van der Waals surface area contributed by atoms with Crippen LogP contribution in [-0.2, 0) is 0 Å². The molecule has 0 unspecified atom stereocenters. The molecular formula is C42H28BN3O. The van der Waals surface area contributed by atoms with Gasteiger partial charge in [-0.1, -0.05) is 84.4 Å². The van der Waals surface area contributed by atoms with Gasteiger partial charge < -0.3 is 13.8 Å². The molecule has 47 heavy (non-hydrogen) atoms. The van der Waals surface area contributed by atoms with E-state index in [0.717, 1.165) is 38.5 Å². The molecule has 4 nitrogen and oxygen atoms in total. The fourth-order valence-electron chi connectivity index (χ4n) is 9.05. The lowest BCUT2D eigenvalue weighted by atomic mass is 9.44. The standard InChI is InChI=1S/C42H28BN3O/c1-23-20-24(2)40(25(3)21-23)45-33-18-17-26-10-9-19-44-39(26)38(33)43-37-31(22-35-36(42(37)45)30-12-5-7-16-34(30)47-35)29-14-8-13-28-27-11-4-6-15-32(27)46(43)41(28)29/h4-22H,1-3H3. The number of aryl methyl sites for hydroxylation is 3. The Kier molecular flexibility index (Phi) is 4.71. The molecule has 0 fully saturated rings. The predicted octanol–water partition coefficient (Wildman–Crippen LogP) is 9.58. The number of anilines is 3. The summed E-state index contributed by atoms with van der Waals surface area (Å²) in [4.78, 5) is 7.68. The molecule has 0 spiro atoms. The van der Waals surface area contributed by atoms with Crippen LogP contribution in [0.15, 0.2) is 120 Å². The molecule has 5 heteroatoms. The number of benzene rings is 6. The van der Waals surface area contributed by atoms with Crippen LogP contribution in [0.1, 0.15) is 16.7 Å². The highest BCUT2D eigenvalue weighted by molar-refractivity contribution is 6.92. The number of furan rings is 1. The Bertz CT molecular complexity index is 2840. The highest BCUT2D eigenvalue weighted by Gasteiger charge is 2.45. The third kappa shape index (κ3) is 3.07. The Morgan fingerprint density at radius 1 is 0.638 bits per heavy atom. The fourth-order valence-corrected chi connectivity index (χ4v) is 9.05. The summed E-state index contributed by atoms with van der Waals surface area (Å²) in [5.41, 5.74) is 17.7. The van der Waals surface area contributed by atoms with Gasteiger partial charge in [-0.05, 0) is 84.1 Å². The van der Waals surface area contributed by atoms with Gasteiger partial charge in [-0.3, -0.25) is 4.98 Å². The van der Waals surface area contributed by atoms with E-state index in [1.54, 1.807) is 0 Å². The van der Waals surface area contributed by atoms with Crippen molar-refractivity contribution in [2.45, 2.75) is 20.8 Å². The fraction of sp³-hybridized carbons (Fsp3) is 0.0714. The molecule has 11 rings (SSSR count). The number of rotatable bonds is 1. The minimum Gasteiger partial charge on any atom is -0.456 e. The van der Waals surface area contributed by atoms with Crippen molar-refractivity contribution >= 4 is 89.5 Å². The van der Waals surface area contributed by atoms with Crippen molar-refractivity contribution in [1.82, 2.24) is 9.46 Å². The zero-order valence-electron chi connectivity index (χ0n) is 26.3. The number of hydrogen-bond donors (Lipinski definition) is 0. The van der Waals surface area contributed by atoms with Gasteiger partial charge in [0.15, 0.2) is 0 Å². The van der Waals surface area contributed by atoms with Gasteiger partial charge in [0.2, 0.25) is 0 Å². The first-order valence-corrected chi connectivity index (χ1v) is 16.3. The average molecular weight is 602 g/mol. The lowest BCUT2D eigenvalue weighted by Crippen LogP contribution is -2.57. The summed E-state index contributed by atoms with van der Waals surface area (Å²) in [5, 5.41) is 5.99. The number of nitrogens with zero attached hydrogens (tertiary/aromatic N) is 3. The predicted molar refractivity (Wildman–Crippen MR) is 197 cm³/mol. The Morgan fingerprint density at radius 3 is 2.30 bits per heavy atom. The van der Waals surface area contributed by atoms with E-state index in [4.69, 9.17) is 9.40 Å². The molecule has 220 valence electrons. The molecule has 0 saturated carbocycles. The molecule has 5 heterocycles. The molecule has 0 bridgehead atoms. The molecule has 2 aliphatic rings. The van der Waals surface area contributed by atoms with E-state index in [0.29, 0.717) is 0 Å². The van der Waals surface area contributed by atoms with Crippen LogP contribution in [0.2, 0.25) is 0 Å². The van der Waals surface area contributed by atoms with Crippen LogP contribution in [-0.4, -0.2) is 16.3 Å². The largest absolute Gasteiger partial charge is 0.456 e. The maximum Gasteiger partial charge on any atom is 0.335 e. The Hall–Kier alpha value is -5.81. The minimum absolute atomic E-state index is 0.0914. The second-order valence-electron chi connectivity index (χ2n) is 13.3. The summed E-state index contributed by atoms with van der Waals surface area (Å²) in [6.45, 7) is 6.59. The highest BCUT2D eigenvalue weighted by atomic mass is 16.3. The summed E-state index contributed by atoms with van der Waals surface area (Å²) in [7, 11) is 0. The van der Waals surface area contributed by atoms with E-state index in [1.165, 1.54) is 71.9 Å². The normalized spacial score (nSPS) is 13.3. The number of para-hydroxylation sites is 3. The zero-order valence-corrected chi connectivity index (χ0v) is 26.3. The van der Waals surface area contributed by atoms with E-state index >= 15 is 0 Å². The van der Waals surface area contributed by atoms with Crippen LogP contribution < -0.4 is 15.8 Å². The monoisotopic (exact) mass is 601 g/mol. The van der Waals surface area contributed by atoms with Crippen molar-refractivity contribution in [3.05, 3.63) is 132 Å². The van der Waals surface area contributed by atoms with Crippen molar-refractivity contribution in [3.8, 4) is 11.1 Å². The second kappa shape index (κ2) is 8.71. The third-order valence-electron chi connectivity index (χ3n) is 10.6. The topological polar surface area (TPSA) is 34.2 Å². The molecule has 0 N–H and O–H groups in total. The molecule has 0 radical (unpaired) electrons. The van der Waals surface area contributed by atoms with Gasteiger partial charge >= 0.3 is 6.85 Å². The quantitative estimate of drug-likeness (QED) is 0.176. The minimum atomic E-state index is -0.0914. The maximum absolute atomic E-state index is 6.74. The third-order valence-corrected chi connectivity index (χ3v) is 10.6. The Balaban J connectivity index is 1.44. The van der Waals surface area contributed by atoms with E-state index < -0.39 is 0 Å². The molecule has 3 aromatic heterocycles. The molecule has 2 aliphatic heterocycles. The maximum atomic E-state index is 6.74. The van der Waals surface area contributed by atoms with Gasteiger partial charge in [-0.25, -0.2) is 0 Å². The van der Waals surface area contributed by atoms with Gasteiger partial charge in [-0.15, -0.1) is 0 Å². The van der Waals surface area contributed by atoms with E-state index in [-0.39, 0.29) is 6.85 Å². The first-order chi connectivity index (χ1) is 23.1. The summed E-state index contributed by atoms with van der Waals surface area (Å²) in [6.07, 6.45) is 1.94. The highest BCUT2D eigenvalue weighted by Crippen LogP contribution is 2.51. The number of fused-ring (bicyclic) bond motifs is 13. The van der Waals surface area contributed by atoms with Crippen LogP contribution in [0, 0.1) is 20.8 Å². The van der Waals surface area contributed by atoms with Crippen LogP contribution in [0.5, 0.6) is 0 Å². The summed E-state index contributed by atoms with van der Waals surface area (Å²) in [6, 6.07) is 39.9. The smallest absolute Gasteiger partial charge is 0.335 e. The molecule has 0 aliphatic carbocycles. The van der Waals surface area contributed by atoms with Gasteiger partial charge in [0.05, 0.1) is 22.3 Å². The van der Waals surface area contributed by atoms with Crippen molar-refractivity contribution in [2.24, 2.45) is 0 Å². The van der Waals surface area contributed by atoms with Crippen LogP contribution >= 0.6 is 0 Å². The Labute approximate surface area is 271 Å². The number of hydrogen-bond acceptors (Lipinski definition) is 3. The molecule has 0 saturated heterocycles. The van der Waals surface area contributed by atoms with Crippen molar-refractivity contribution in [3.63, 3.8) is 0 Å². The lowest BCUT2D eigenvalue weighted by Gasteiger charge is -2.42.